The molecule has 3 heteroatoms. The van der Waals surface area contributed by atoms with Gasteiger partial charge in [0, 0.05) is 5.92 Å². The van der Waals surface area contributed by atoms with Gasteiger partial charge in [0.1, 0.15) is 6.61 Å². The Kier molecular flexibility index (Phi) is 4.67. The smallest absolute Gasteiger partial charge is 0.382 e. The highest BCUT2D eigenvalue weighted by molar-refractivity contribution is 5.86. The molecule has 11 heavy (non-hydrogen) atoms. The number of carboxylic acids is 1. The van der Waals surface area contributed by atoms with Crippen molar-refractivity contribution in [3.8, 4) is 11.8 Å². The van der Waals surface area contributed by atoms with Gasteiger partial charge in [-0.1, -0.05) is 0 Å². The van der Waals surface area contributed by atoms with E-state index in [9.17, 15) is 4.79 Å². The molecule has 0 aromatic rings. The van der Waals surface area contributed by atoms with Gasteiger partial charge in [-0.15, -0.1) is 0 Å². The largest absolute Gasteiger partial charge is 0.489 e. The van der Waals surface area contributed by atoms with Gasteiger partial charge in [0.25, 0.3) is 0 Å². The van der Waals surface area contributed by atoms with Crippen molar-refractivity contribution in [3.05, 3.63) is 11.8 Å². The van der Waals surface area contributed by atoms with Crippen LogP contribution in [0.5, 0.6) is 0 Å². The Balaban J connectivity index is 3.53. The lowest BCUT2D eigenvalue weighted by Crippen LogP contribution is -1.89. The highest BCUT2D eigenvalue weighted by Crippen LogP contribution is 1.87. The summed E-state index contributed by atoms with van der Waals surface area (Å²) in [4.78, 5) is 9.85. The topological polar surface area (TPSA) is 46.5 Å². The summed E-state index contributed by atoms with van der Waals surface area (Å²) in [6.45, 7) is 3.88. The molecule has 3 nitrogen and oxygen atoms in total. The zero-order chi connectivity index (χ0) is 8.69. The molecule has 0 atom stereocenters. The quantitative estimate of drug-likeness (QED) is 0.367. The molecule has 0 aliphatic rings. The number of allylic oxidation sites excluding steroid dienone is 1. The molecule has 0 saturated carbocycles. The fourth-order valence-electron chi connectivity index (χ4n) is 0.362. The molecular formula is C8H10O3. The molecule has 0 rings (SSSR count). The second kappa shape index (κ2) is 5.36. The van der Waals surface area contributed by atoms with E-state index in [4.69, 9.17) is 9.84 Å². The van der Waals surface area contributed by atoms with E-state index >= 15 is 0 Å². The second-order valence-electron chi connectivity index (χ2n) is 2.11. The van der Waals surface area contributed by atoms with Crippen LogP contribution >= 0.6 is 0 Å². The number of carboxylic acid groups (broad SMARTS) is 1. The van der Waals surface area contributed by atoms with Gasteiger partial charge in [-0.05, 0) is 25.3 Å². The zero-order valence-corrected chi connectivity index (χ0v) is 6.55. The molecule has 0 saturated heterocycles. The van der Waals surface area contributed by atoms with Gasteiger partial charge in [0.2, 0.25) is 0 Å². The van der Waals surface area contributed by atoms with Crippen LogP contribution in [0.3, 0.4) is 0 Å². The maximum atomic E-state index is 9.85. The predicted octanol–water partition coefficient (Wildman–Crippen LogP) is 1.01. The Hall–Kier alpha value is -1.43. The summed E-state index contributed by atoms with van der Waals surface area (Å²) < 4.78 is 4.85. The third-order valence-electron chi connectivity index (χ3n) is 0.670. The maximum absolute atomic E-state index is 9.85. The van der Waals surface area contributed by atoms with E-state index in [1.54, 1.807) is 0 Å². The van der Waals surface area contributed by atoms with E-state index in [2.05, 4.69) is 5.92 Å². The van der Waals surface area contributed by atoms with Crippen molar-refractivity contribution in [2.75, 3.05) is 6.61 Å². The number of aliphatic carboxylic acids is 1. The molecule has 60 valence electrons. The van der Waals surface area contributed by atoms with E-state index < -0.39 is 5.97 Å². The summed E-state index contributed by atoms with van der Waals surface area (Å²) in [6.07, 6.45) is 1.54. The van der Waals surface area contributed by atoms with E-state index in [0.717, 1.165) is 5.57 Å². The van der Waals surface area contributed by atoms with E-state index in [1.165, 1.54) is 6.26 Å². The van der Waals surface area contributed by atoms with Crippen molar-refractivity contribution in [1.29, 1.82) is 0 Å². The summed E-state index contributed by atoms with van der Waals surface area (Å²) in [5.41, 5.74) is 1.02. The van der Waals surface area contributed by atoms with Crippen LogP contribution in [-0.4, -0.2) is 17.7 Å². The second-order valence-corrected chi connectivity index (χ2v) is 2.11. The summed E-state index contributed by atoms with van der Waals surface area (Å²) in [5.74, 6) is 3.12. The Morgan fingerprint density at radius 3 is 2.73 bits per heavy atom. The molecule has 0 spiro atoms. The maximum Gasteiger partial charge on any atom is 0.382 e. The first-order valence-corrected chi connectivity index (χ1v) is 3.09. The highest BCUT2D eigenvalue weighted by Gasteiger charge is 1.81. The Morgan fingerprint density at radius 1 is 1.64 bits per heavy atom. The Morgan fingerprint density at radius 2 is 2.27 bits per heavy atom. The minimum Gasteiger partial charge on any atom is -0.489 e. The van der Waals surface area contributed by atoms with Crippen LogP contribution in [0.25, 0.3) is 0 Å². The molecule has 1 N–H and O–H groups in total. The van der Waals surface area contributed by atoms with Gasteiger partial charge < -0.3 is 9.84 Å². The summed E-state index contributed by atoms with van der Waals surface area (Å²) in [6, 6.07) is 0. The molecule has 0 aliphatic heterocycles. The van der Waals surface area contributed by atoms with Crippen molar-refractivity contribution in [3.63, 3.8) is 0 Å². The molecule has 0 radical (unpaired) electrons. The fraction of sp³-hybridized carbons (Fsp3) is 0.375. The van der Waals surface area contributed by atoms with Gasteiger partial charge in [-0.3, -0.25) is 0 Å². The fourth-order valence-corrected chi connectivity index (χ4v) is 0.362. The van der Waals surface area contributed by atoms with Crippen molar-refractivity contribution in [2.24, 2.45) is 0 Å². The van der Waals surface area contributed by atoms with Gasteiger partial charge in [-0.2, -0.15) is 0 Å². The molecule has 0 amide bonds. The lowest BCUT2D eigenvalue weighted by atomic mass is 10.4. The Labute approximate surface area is 65.7 Å². The first-order chi connectivity index (χ1) is 5.13. The summed E-state index contributed by atoms with van der Waals surface area (Å²) in [5, 5.41) is 8.08. The van der Waals surface area contributed by atoms with Crippen LogP contribution in [0.1, 0.15) is 13.8 Å². The van der Waals surface area contributed by atoms with E-state index in [-0.39, 0.29) is 6.61 Å². The van der Waals surface area contributed by atoms with Crippen LogP contribution in [-0.2, 0) is 9.53 Å². The molecule has 0 fully saturated rings. The van der Waals surface area contributed by atoms with Crippen molar-refractivity contribution in [1.82, 2.24) is 0 Å². The predicted molar refractivity (Wildman–Crippen MR) is 40.8 cm³/mol. The molecule has 0 aliphatic carbocycles. The van der Waals surface area contributed by atoms with E-state index in [1.807, 2.05) is 19.8 Å². The molecule has 0 heterocycles. The normalized spacial score (nSPS) is 7.45. The number of hydrogen-bond donors (Lipinski definition) is 1. The molecule has 0 bridgehead atoms. The summed E-state index contributed by atoms with van der Waals surface area (Å²) in [7, 11) is 0. The minimum absolute atomic E-state index is 0.123. The zero-order valence-electron chi connectivity index (χ0n) is 6.55. The van der Waals surface area contributed by atoms with Crippen LogP contribution < -0.4 is 0 Å². The molecular weight excluding hydrogens is 144 g/mol. The van der Waals surface area contributed by atoms with Gasteiger partial charge in [-0.25, -0.2) is 4.79 Å². The molecule has 0 unspecified atom stereocenters. The van der Waals surface area contributed by atoms with Crippen LogP contribution in [0, 0.1) is 11.8 Å². The first kappa shape index (κ1) is 9.57. The number of ether oxygens (including phenoxy) is 1. The van der Waals surface area contributed by atoms with Gasteiger partial charge >= 0.3 is 5.97 Å². The van der Waals surface area contributed by atoms with Gasteiger partial charge in [0.15, 0.2) is 0 Å². The first-order valence-electron chi connectivity index (χ1n) is 3.09. The Bertz CT molecular complexity index is 213. The third-order valence-corrected chi connectivity index (χ3v) is 0.670. The average Bonchev–Trinajstić information content (AvgIpc) is 1.85. The number of rotatable bonds is 2. The van der Waals surface area contributed by atoms with E-state index in [0.29, 0.717) is 0 Å². The lowest BCUT2D eigenvalue weighted by Gasteiger charge is -1.91. The minimum atomic E-state index is -1.13. The third kappa shape index (κ3) is 8.57. The molecule has 0 aromatic carbocycles. The van der Waals surface area contributed by atoms with Crippen molar-refractivity contribution in [2.45, 2.75) is 13.8 Å². The standard InChI is InChI=1S/C8H10O3/c1-7(2)6-11-5-3-4-8(9)10/h6H,5H2,1-2H3,(H,9,10). The highest BCUT2D eigenvalue weighted by atomic mass is 16.5. The number of hydrogen-bond acceptors (Lipinski definition) is 2. The SMILES string of the molecule is CC(C)=COCC#CC(=O)O. The van der Waals surface area contributed by atoms with Gasteiger partial charge in [0.05, 0.1) is 6.26 Å². The number of carbonyl (C=O) groups is 1. The average molecular weight is 154 g/mol. The van der Waals surface area contributed by atoms with Crippen LogP contribution in [0.15, 0.2) is 11.8 Å². The molecule has 0 aromatic heterocycles. The van der Waals surface area contributed by atoms with Crippen LogP contribution in [0.4, 0.5) is 0 Å². The monoisotopic (exact) mass is 154 g/mol. The van der Waals surface area contributed by atoms with Crippen molar-refractivity contribution < 1.29 is 14.6 Å². The van der Waals surface area contributed by atoms with Crippen molar-refractivity contribution >= 4 is 5.97 Å². The van der Waals surface area contributed by atoms with Crippen LogP contribution in [0.2, 0.25) is 0 Å². The lowest BCUT2D eigenvalue weighted by molar-refractivity contribution is -0.130. The summed E-state index contributed by atoms with van der Waals surface area (Å²) >= 11 is 0.